The molecule has 0 aromatic heterocycles. The second-order valence-corrected chi connectivity index (χ2v) is 2.73. The Kier molecular flexibility index (Phi) is 1.39. The maximum Gasteiger partial charge on any atom is -0.00198 e. The average Bonchev–Trinajstić information content (AvgIpc) is 2.46. The molecule has 0 spiro atoms. The summed E-state index contributed by atoms with van der Waals surface area (Å²) in [4.78, 5) is 0. The fraction of sp³-hybridized carbons (Fsp3) is 0.0909. The Labute approximate surface area is 66.9 Å². The molecule has 0 heterocycles. The first-order chi connectivity index (χ1) is 5.40. The molecule has 1 aliphatic rings. The molecule has 1 aromatic carbocycles. The molecule has 2 rings (SSSR count). The van der Waals surface area contributed by atoms with E-state index in [0.717, 1.165) is 6.42 Å². The van der Waals surface area contributed by atoms with Gasteiger partial charge in [-0.1, -0.05) is 30.9 Å². The van der Waals surface area contributed by atoms with Crippen molar-refractivity contribution >= 4 is 6.08 Å². The van der Waals surface area contributed by atoms with Gasteiger partial charge in [-0.15, -0.1) is 0 Å². The Morgan fingerprint density at radius 2 is 2.45 bits per heavy atom. The van der Waals surface area contributed by atoms with Gasteiger partial charge >= 0.3 is 0 Å². The van der Waals surface area contributed by atoms with Crippen LogP contribution >= 0.6 is 0 Å². The lowest BCUT2D eigenvalue weighted by atomic mass is 10.1. The Hall–Kier alpha value is -1.30. The molecular weight excluding hydrogens is 132 g/mol. The number of benzene rings is 1. The van der Waals surface area contributed by atoms with Crippen molar-refractivity contribution in [2.45, 2.75) is 6.42 Å². The highest BCUT2D eigenvalue weighted by Gasteiger charge is 2.07. The fourth-order valence-electron chi connectivity index (χ4n) is 1.37. The zero-order valence-electron chi connectivity index (χ0n) is 6.30. The monoisotopic (exact) mass is 141 g/mol. The highest BCUT2D eigenvalue weighted by Crippen LogP contribution is 2.24. The van der Waals surface area contributed by atoms with Gasteiger partial charge in [-0.3, -0.25) is 0 Å². The van der Waals surface area contributed by atoms with Crippen LogP contribution in [0.3, 0.4) is 0 Å². The Morgan fingerprint density at radius 3 is 3.18 bits per heavy atom. The molecule has 53 valence electrons. The number of rotatable bonds is 1. The van der Waals surface area contributed by atoms with E-state index in [2.05, 4.69) is 24.8 Å². The molecule has 0 N–H and O–H groups in total. The first-order valence-corrected chi connectivity index (χ1v) is 3.72. The molecule has 1 aliphatic carbocycles. The summed E-state index contributed by atoms with van der Waals surface area (Å²) in [5.74, 6) is 0. The average molecular weight is 141 g/mol. The molecule has 11 heavy (non-hydrogen) atoms. The van der Waals surface area contributed by atoms with E-state index in [4.69, 9.17) is 0 Å². The van der Waals surface area contributed by atoms with Crippen LogP contribution in [0.2, 0.25) is 0 Å². The Balaban J connectivity index is 2.47. The van der Waals surface area contributed by atoms with Crippen LogP contribution in [-0.2, 0) is 6.42 Å². The summed E-state index contributed by atoms with van der Waals surface area (Å²) in [6.45, 7) is 3.75. The van der Waals surface area contributed by atoms with Gasteiger partial charge in [0.05, 0.1) is 0 Å². The van der Waals surface area contributed by atoms with Crippen molar-refractivity contribution < 1.29 is 0 Å². The van der Waals surface area contributed by atoms with Gasteiger partial charge < -0.3 is 0 Å². The molecule has 1 radical (unpaired) electrons. The van der Waals surface area contributed by atoms with Gasteiger partial charge in [0.1, 0.15) is 0 Å². The minimum Gasteiger partial charge on any atom is -0.0988 e. The summed E-state index contributed by atoms with van der Waals surface area (Å²) >= 11 is 0. The molecule has 1 aromatic rings. The standard InChI is InChI=1S/C11H9/c1-2-9-7-10-5-3-4-6-11(10)8-9/h2-3,5-6,8H,1,7H2. The molecule has 0 aliphatic heterocycles. The van der Waals surface area contributed by atoms with Gasteiger partial charge in [0, 0.05) is 0 Å². The maximum atomic E-state index is 3.75. The molecule has 0 nitrogen and oxygen atoms in total. The minimum absolute atomic E-state index is 1.04. The SMILES string of the molecule is C=CC1=Cc2c[c]ccc2C1. The lowest BCUT2D eigenvalue weighted by molar-refractivity contribution is 1.25. The number of fused-ring (bicyclic) bond motifs is 1. The lowest BCUT2D eigenvalue weighted by Gasteiger charge is -1.93. The summed E-state index contributed by atoms with van der Waals surface area (Å²) in [5.41, 5.74) is 3.99. The largest absolute Gasteiger partial charge is 0.0988 e. The van der Waals surface area contributed by atoms with E-state index in [9.17, 15) is 0 Å². The summed E-state index contributed by atoms with van der Waals surface area (Å²) in [6, 6.07) is 9.15. The van der Waals surface area contributed by atoms with Crippen LogP contribution in [-0.4, -0.2) is 0 Å². The predicted molar refractivity (Wildman–Crippen MR) is 47.2 cm³/mol. The Morgan fingerprint density at radius 1 is 1.55 bits per heavy atom. The number of allylic oxidation sites excluding steroid dienone is 2. The highest BCUT2D eigenvalue weighted by atomic mass is 14.1. The van der Waals surface area contributed by atoms with Crippen LogP contribution in [0.1, 0.15) is 11.1 Å². The second kappa shape index (κ2) is 2.39. The molecule has 0 unspecified atom stereocenters. The van der Waals surface area contributed by atoms with Crippen LogP contribution in [0.5, 0.6) is 0 Å². The van der Waals surface area contributed by atoms with E-state index < -0.39 is 0 Å². The van der Waals surface area contributed by atoms with E-state index in [1.165, 1.54) is 16.7 Å². The predicted octanol–water partition coefficient (Wildman–Crippen LogP) is 2.61. The van der Waals surface area contributed by atoms with E-state index in [-0.39, 0.29) is 0 Å². The van der Waals surface area contributed by atoms with E-state index in [1.807, 2.05) is 18.2 Å². The van der Waals surface area contributed by atoms with Crippen molar-refractivity contribution in [3.63, 3.8) is 0 Å². The van der Waals surface area contributed by atoms with E-state index >= 15 is 0 Å². The van der Waals surface area contributed by atoms with Gasteiger partial charge in [-0.2, -0.15) is 0 Å². The van der Waals surface area contributed by atoms with Crippen molar-refractivity contribution in [2.24, 2.45) is 0 Å². The van der Waals surface area contributed by atoms with Crippen molar-refractivity contribution in [2.75, 3.05) is 0 Å². The second-order valence-electron chi connectivity index (χ2n) is 2.73. The molecule has 0 fully saturated rings. The van der Waals surface area contributed by atoms with E-state index in [0.29, 0.717) is 0 Å². The van der Waals surface area contributed by atoms with Gasteiger partial charge in [-0.25, -0.2) is 0 Å². The van der Waals surface area contributed by atoms with E-state index in [1.54, 1.807) is 0 Å². The van der Waals surface area contributed by atoms with Gasteiger partial charge in [0.15, 0.2) is 0 Å². The zero-order valence-corrected chi connectivity index (χ0v) is 6.30. The molecule has 0 saturated carbocycles. The van der Waals surface area contributed by atoms with Gasteiger partial charge in [0.2, 0.25) is 0 Å². The third kappa shape index (κ3) is 1.01. The Bertz CT molecular complexity index is 319. The maximum absolute atomic E-state index is 3.75. The fourth-order valence-corrected chi connectivity index (χ4v) is 1.37. The van der Waals surface area contributed by atoms with Gasteiger partial charge in [-0.05, 0) is 35.3 Å². The van der Waals surface area contributed by atoms with Crippen molar-refractivity contribution in [1.29, 1.82) is 0 Å². The van der Waals surface area contributed by atoms with Gasteiger partial charge in [0.25, 0.3) is 0 Å². The minimum atomic E-state index is 1.04. The molecular formula is C11H9. The summed E-state index contributed by atoms with van der Waals surface area (Å²) in [6.07, 6.45) is 5.12. The molecule has 0 atom stereocenters. The third-order valence-corrected chi connectivity index (χ3v) is 1.99. The topological polar surface area (TPSA) is 0 Å². The summed E-state index contributed by atoms with van der Waals surface area (Å²) < 4.78 is 0. The first-order valence-electron chi connectivity index (χ1n) is 3.72. The lowest BCUT2D eigenvalue weighted by Crippen LogP contribution is -1.80. The normalized spacial score (nSPS) is 14.0. The van der Waals surface area contributed by atoms with Crippen LogP contribution in [0, 0.1) is 6.07 Å². The number of hydrogen-bond acceptors (Lipinski definition) is 0. The van der Waals surface area contributed by atoms with Crippen LogP contribution in [0.25, 0.3) is 6.08 Å². The van der Waals surface area contributed by atoms with Crippen molar-refractivity contribution in [3.8, 4) is 0 Å². The summed E-state index contributed by atoms with van der Waals surface area (Å²) in [7, 11) is 0. The van der Waals surface area contributed by atoms with Crippen LogP contribution in [0.15, 0.2) is 36.4 Å². The zero-order chi connectivity index (χ0) is 7.68. The first kappa shape index (κ1) is 6.41. The summed E-state index contributed by atoms with van der Waals surface area (Å²) in [5, 5.41) is 0. The van der Waals surface area contributed by atoms with Crippen LogP contribution < -0.4 is 0 Å². The number of hydrogen-bond donors (Lipinski definition) is 0. The third-order valence-electron chi connectivity index (χ3n) is 1.99. The quantitative estimate of drug-likeness (QED) is 0.564. The molecule has 0 heteroatoms. The molecule has 0 saturated heterocycles. The highest BCUT2D eigenvalue weighted by molar-refractivity contribution is 5.65. The smallest absolute Gasteiger partial charge is 0.00198 e. The molecule has 0 amide bonds. The van der Waals surface area contributed by atoms with Crippen molar-refractivity contribution in [1.82, 2.24) is 0 Å². The molecule has 0 bridgehead atoms. The van der Waals surface area contributed by atoms with Crippen molar-refractivity contribution in [3.05, 3.63) is 53.6 Å². The van der Waals surface area contributed by atoms with Crippen LogP contribution in [0.4, 0.5) is 0 Å².